The quantitative estimate of drug-likeness (QED) is 0.757. The van der Waals surface area contributed by atoms with E-state index in [2.05, 4.69) is 10.3 Å². The highest BCUT2D eigenvalue weighted by atomic mass is 16.1. The maximum Gasteiger partial charge on any atom is 0.272 e. The number of aromatic nitrogens is 1. The molecular weight excluding hydrogens is 336 g/mol. The summed E-state index contributed by atoms with van der Waals surface area (Å²) >= 11 is 0. The van der Waals surface area contributed by atoms with E-state index in [1.165, 1.54) is 0 Å². The molecule has 1 aromatic heterocycles. The van der Waals surface area contributed by atoms with E-state index in [1.807, 2.05) is 73.9 Å². The molecule has 0 aliphatic carbocycles. The first-order valence-electron chi connectivity index (χ1n) is 8.91. The minimum Gasteiger partial charge on any atom is -0.347 e. The Morgan fingerprint density at radius 3 is 2.44 bits per heavy atom. The zero-order chi connectivity index (χ0) is 18.6. The number of amides is 1. The third-order valence-electron chi connectivity index (χ3n) is 4.54. The van der Waals surface area contributed by atoms with Crippen molar-refractivity contribution in [1.29, 1.82) is 0 Å². The fraction of sp³-hybridized carbons (Fsp3) is 0.136. The number of carbonyl (C=O) groups is 1. The van der Waals surface area contributed by atoms with Crippen molar-refractivity contribution in [3.63, 3.8) is 0 Å². The van der Waals surface area contributed by atoms with Gasteiger partial charge in [0.05, 0.1) is 5.71 Å². The topological polar surface area (TPSA) is 58.8 Å². The van der Waals surface area contributed by atoms with Gasteiger partial charge in [0, 0.05) is 37.5 Å². The normalized spacial score (nSPS) is 13.7. The molecule has 1 N–H and O–H groups in total. The van der Waals surface area contributed by atoms with E-state index in [-0.39, 0.29) is 5.91 Å². The molecule has 1 aliphatic rings. The SMILES string of the molecule is Cn1cccc1C(=O)Nc1ccc(C2=NC(c3ccccc3)=NCC2)cc1. The van der Waals surface area contributed by atoms with Crippen molar-refractivity contribution in [2.75, 3.05) is 11.9 Å². The zero-order valence-electron chi connectivity index (χ0n) is 15.1. The third kappa shape index (κ3) is 3.72. The van der Waals surface area contributed by atoms with Crippen LogP contribution in [0.25, 0.3) is 0 Å². The minimum absolute atomic E-state index is 0.122. The Kier molecular flexibility index (Phi) is 4.66. The molecule has 0 unspecified atom stereocenters. The van der Waals surface area contributed by atoms with Crippen molar-refractivity contribution in [1.82, 2.24) is 4.57 Å². The number of anilines is 1. The number of amidine groups is 1. The smallest absolute Gasteiger partial charge is 0.272 e. The molecule has 0 radical (unpaired) electrons. The van der Waals surface area contributed by atoms with E-state index in [0.717, 1.165) is 41.3 Å². The summed E-state index contributed by atoms with van der Waals surface area (Å²) in [5, 5.41) is 2.93. The van der Waals surface area contributed by atoms with Crippen molar-refractivity contribution in [3.8, 4) is 0 Å². The molecule has 0 atom stereocenters. The Morgan fingerprint density at radius 2 is 1.74 bits per heavy atom. The molecule has 134 valence electrons. The van der Waals surface area contributed by atoms with Gasteiger partial charge >= 0.3 is 0 Å². The number of benzene rings is 2. The maximum absolute atomic E-state index is 12.3. The Bertz CT molecular complexity index is 1010. The van der Waals surface area contributed by atoms with Crippen LogP contribution in [0.1, 0.15) is 28.0 Å². The summed E-state index contributed by atoms with van der Waals surface area (Å²) in [6, 6.07) is 21.5. The lowest BCUT2D eigenvalue weighted by atomic mass is 10.0. The second-order valence-electron chi connectivity index (χ2n) is 6.42. The lowest BCUT2D eigenvalue weighted by molar-refractivity contribution is 0.101. The molecule has 27 heavy (non-hydrogen) atoms. The Morgan fingerprint density at radius 1 is 0.963 bits per heavy atom. The van der Waals surface area contributed by atoms with Crippen molar-refractivity contribution in [3.05, 3.63) is 89.7 Å². The number of hydrogen-bond acceptors (Lipinski definition) is 3. The molecule has 0 saturated carbocycles. The number of carbonyl (C=O) groups excluding carboxylic acids is 1. The van der Waals surface area contributed by atoms with Crippen LogP contribution >= 0.6 is 0 Å². The summed E-state index contributed by atoms with van der Waals surface area (Å²) in [7, 11) is 1.85. The van der Waals surface area contributed by atoms with Crippen LogP contribution in [-0.2, 0) is 7.05 Å². The van der Waals surface area contributed by atoms with E-state index in [4.69, 9.17) is 4.99 Å². The monoisotopic (exact) mass is 356 g/mol. The summed E-state index contributed by atoms with van der Waals surface area (Å²) in [6.45, 7) is 0.731. The highest BCUT2D eigenvalue weighted by Gasteiger charge is 2.13. The van der Waals surface area contributed by atoms with Crippen LogP contribution in [0.4, 0.5) is 5.69 Å². The first-order chi connectivity index (χ1) is 13.2. The van der Waals surface area contributed by atoms with Crippen LogP contribution in [0.5, 0.6) is 0 Å². The molecule has 4 rings (SSSR count). The number of hydrogen-bond donors (Lipinski definition) is 1. The first kappa shape index (κ1) is 17.0. The molecular formula is C22H20N4O. The second kappa shape index (κ2) is 7.41. The number of rotatable bonds is 4. The van der Waals surface area contributed by atoms with Crippen LogP contribution < -0.4 is 5.32 Å². The van der Waals surface area contributed by atoms with Crippen molar-refractivity contribution in [2.45, 2.75) is 6.42 Å². The van der Waals surface area contributed by atoms with Crippen LogP contribution in [-0.4, -0.2) is 28.6 Å². The van der Waals surface area contributed by atoms with Gasteiger partial charge in [0.2, 0.25) is 0 Å². The molecule has 5 nitrogen and oxygen atoms in total. The van der Waals surface area contributed by atoms with Gasteiger partial charge in [-0.25, -0.2) is 4.99 Å². The average Bonchev–Trinajstić information content (AvgIpc) is 3.15. The van der Waals surface area contributed by atoms with Crippen LogP contribution in [0, 0.1) is 0 Å². The van der Waals surface area contributed by atoms with Gasteiger partial charge in [-0.3, -0.25) is 9.79 Å². The highest BCUT2D eigenvalue weighted by molar-refractivity contribution is 6.14. The molecule has 0 bridgehead atoms. The second-order valence-corrected chi connectivity index (χ2v) is 6.42. The lowest BCUT2D eigenvalue weighted by Gasteiger charge is -2.13. The van der Waals surface area contributed by atoms with Gasteiger partial charge in [0.1, 0.15) is 5.69 Å². The molecule has 3 aromatic rings. The van der Waals surface area contributed by atoms with E-state index < -0.39 is 0 Å². The summed E-state index contributed by atoms with van der Waals surface area (Å²) in [4.78, 5) is 21.6. The van der Waals surface area contributed by atoms with Gasteiger partial charge < -0.3 is 9.88 Å². The summed E-state index contributed by atoms with van der Waals surface area (Å²) in [6.07, 6.45) is 2.66. The Hall–Kier alpha value is -3.47. The van der Waals surface area contributed by atoms with Gasteiger partial charge in [0.25, 0.3) is 5.91 Å². The fourth-order valence-corrected chi connectivity index (χ4v) is 3.08. The lowest BCUT2D eigenvalue weighted by Crippen LogP contribution is -2.16. The number of aryl methyl sites for hydroxylation is 1. The molecule has 5 heteroatoms. The number of nitrogens with one attached hydrogen (secondary N) is 1. The summed E-state index contributed by atoms with van der Waals surface area (Å²) in [5.41, 5.74) is 4.48. The maximum atomic E-state index is 12.3. The third-order valence-corrected chi connectivity index (χ3v) is 4.54. The summed E-state index contributed by atoms with van der Waals surface area (Å²) < 4.78 is 1.80. The number of nitrogens with zero attached hydrogens (tertiary/aromatic N) is 3. The standard InChI is InChI=1S/C22H20N4O/c1-26-15-5-8-20(26)22(27)24-18-11-9-16(10-12-18)19-13-14-23-21(25-19)17-6-3-2-4-7-17/h2-12,15H,13-14H2,1H3,(H,24,27). The zero-order valence-corrected chi connectivity index (χ0v) is 15.1. The van der Waals surface area contributed by atoms with Crippen LogP contribution in [0.2, 0.25) is 0 Å². The fourth-order valence-electron chi connectivity index (χ4n) is 3.08. The Labute approximate surface area is 158 Å². The number of aliphatic imine (C=N–C) groups is 2. The van der Waals surface area contributed by atoms with Crippen LogP contribution in [0.15, 0.2) is 82.9 Å². The van der Waals surface area contributed by atoms with Gasteiger partial charge in [-0.2, -0.15) is 0 Å². The predicted molar refractivity (Wildman–Crippen MR) is 109 cm³/mol. The molecule has 1 amide bonds. The van der Waals surface area contributed by atoms with Gasteiger partial charge in [0.15, 0.2) is 5.84 Å². The summed E-state index contributed by atoms with van der Waals surface area (Å²) in [5.74, 6) is 0.654. The molecule has 1 aliphatic heterocycles. The molecule has 0 saturated heterocycles. The predicted octanol–water partition coefficient (Wildman–Crippen LogP) is 3.92. The molecule has 0 fully saturated rings. The van der Waals surface area contributed by atoms with Crippen molar-refractivity contribution < 1.29 is 4.79 Å². The van der Waals surface area contributed by atoms with Gasteiger partial charge in [-0.1, -0.05) is 42.5 Å². The van der Waals surface area contributed by atoms with E-state index in [0.29, 0.717) is 5.69 Å². The van der Waals surface area contributed by atoms with E-state index >= 15 is 0 Å². The van der Waals surface area contributed by atoms with E-state index in [9.17, 15) is 4.79 Å². The van der Waals surface area contributed by atoms with Crippen molar-refractivity contribution >= 4 is 23.1 Å². The van der Waals surface area contributed by atoms with Gasteiger partial charge in [-0.05, 0) is 29.8 Å². The largest absolute Gasteiger partial charge is 0.347 e. The average molecular weight is 356 g/mol. The highest BCUT2D eigenvalue weighted by Crippen LogP contribution is 2.17. The Balaban J connectivity index is 1.51. The van der Waals surface area contributed by atoms with Gasteiger partial charge in [-0.15, -0.1) is 0 Å². The van der Waals surface area contributed by atoms with E-state index in [1.54, 1.807) is 10.6 Å². The molecule has 2 aromatic carbocycles. The van der Waals surface area contributed by atoms with Crippen LogP contribution in [0.3, 0.4) is 0 Å². The molecule has 2 heterocycles. The first-order valence-corrected chi connectivity index (χ1v) is 8.91. The molecule has 0 spiro atoms. The minimum atomic E-state index is -0.122. The van der Waals surface area contributed by atoms with Crippen molar-refractivity contribution in [2.24, 2.45) is 17.0 Å².